The standard InChI is InChI=1S/2C12H15F2NO3.2C11H15NO3.C11H14NO3.C10H15F2NO/c2*1-2-18-9(17)11-4-3-8(16)15(11)7-10(5-11)6-12(10,13)14;3*1-3-15-10(14)11-5-4-9(13)12(11)7-8(2)6-11;11-10(12)5-8(10)4-9(7-14)2-1-3-13(9)6-8/h2*2-7H2,1H3;2*2-7H2,1H3;2H,3-7H2,1H3;14H,1-7H2/q;;;;+1;/t2*10?,11-;11-;;11-;8?,9-/m000.10/s1. The number of halogens is 6. The zero-order chi connectivity index (χ0) is 69.5. The van der Waals surface area contributed by atoms with Crippen LogP contribution in [-0.2, 0) is 71.6 Å². The van der Waals surface area contributed by atoms with Gasteiger partial charge in [-0.2, -0.15) is 0 Å². The van der Waals surface area contributed by atoms with Gasteiger partial charge in [-0.15, -0.1) is 0 Å². The van der Waals surface area contributed by atoms with E-state index in [9.17, 15) is 79.4 Å². The molecule has 12 heterocycles. The van der Waals surface area contributed by atoms with Crippen LogP contribution in [-0.4, -0.2) is 230 Å². The zero-order valence-electron chi connectivity index (χ0n) is 55.1. The number of hydrogen-bond acceptors (Lipinski definition) is 17. The summed E-state index contributed by atoms with van der Waals surface area (Å²) in [6.07, 6.45) is 7.86. The number of ether oxygens (including phenoxy) is 5. The van der Waals surface area contributed by atoms with Crippen LogP contribution < -0.4 is 0 Å². The van der Waals surface area contributed by atoms with Crippen molar-refractivity contribution in [2.75, 3.05) is 85.5 Å². The summed E-state index contributed by atoms with van der Waals surface area (Å²) >= 11 is 0. The molecule has 5 amide bonds. The van der Waals surface area contributed by atoms with E-state index in [-0.39, 0.29) is 131 Å². The van der Waals surface area contributed by atoms with Gasteiger partial charge in [0, 0.05) is 102 Å². The molecule has 3 spiro atoms. The van der Waals surface area contributed by atoms with E-state index in [1.807, 2.05) is 0 Å². The van der Waals surface area contributed by atoms with Crippen molar-refractivity contribution < 1.29 is 103 Å². The first-order chi connectivity index (χ1) is 44.6. The Bertz CT molecular complexity index is 3010. The minimum Gasteiger partial charge on any atom is -0.464 e. The van der Waals surface area contributed by atoms with E-state index in [0.717, 1.165) is 30.5 Å². The first kappa shape index (κ1) is 71.1. The normalized spacial score (nSPS) is 36.6. The van der Waals surface area contributed by atoms with Crippen LogP contribution in [0, 0.1) is 22.8 Å². The van der Waals surface area contributed by atoms with Gasteiger partial charge in [0.25, 0.3) is 17.8 Å². The number of nitrogens with zero attached hydrogens (tertiary/aromatic N) is 6. The van der Waals surface area contributed by atoms with E-state index in [2.05, 4.69) is 18.1 Å². The Balaban J connectivity index is 0.000000125. The second-order valence-electron chi connectivity index (χ2n) is 28.8. The molecule has 22 nitrogen and oxygen atoms in total. The predicted molar refractivity (Wildman–Crippen MR) is 322 cm³/mol. The van der Waals surface area contributed by atoms with E-state index in [1.54, 1.807) is 49.3 Å². The lowest BCUT2D eigenvalue weighted by molar-refractivity contribution is -0.157. The average molecular weight is 1350 g/mol. The van der Waals surface area contributed by atoms with Gasteiger partial charge >= 0.3 is 29.8 Å². The van der Waals surface area contributed by atoms with Crippen molar-refractivity contribution >= 4 is 59.4 Å². The Morgan fingerprint density at radius 3 is 1.04 bits per heavy atom. The smallest absolute Gasteiger partial charge is 0.332 e. The molecule has 4 unspecified atom stereocenters. The van der Waals surface area contributed by atoms with Crippen molar-refractivity contribution in [1.29, 1.82) is 0 Å². The number of esters is 5. The molecule has 12 aliphatic heterocycles. The molecule has 1 N–H and O–H groups in total. The topological polar surface area (TPSA) is 257 Å². The molecule has 15 rings (SSSR count). The molecule has 95 heavy (non-hydrogen) atoms. The van der Waals surface area contributed by atoms with Crippen LogP contribution in [0.1, 0.15) is 169 Å². The summed E-state index contributed by atoms with van der Waals surface area (Å²) in [5, 5.41) is 9.37. The van der Waals surface area contributed by atoms with Crippen LogP contribution in [0.3, 0.4) is 0 Å². The summed E-state index contributed by atoms with van der Waals surface area (Å²) in [4.78, 5) is 128. The summed E-state index contributed by atoms with van der Waals surface area (Å²) in [6, 6.07) is 0. The number of amides is 5. The van der Waals surface area contributed by atoms with Crippen molar-refractivity contribution in [2.45, 2.75) is 220 Å². The summed E-state index contributed by atoms with van der Waals surface area (Å²) in [7, 11) is 0. The van der Waals surface area contributed by atoms with E-state index in [0.29, 0.717) is 129 Å². The molecule has 0 aromatic heterocycles. The lowest BCUT2D eigenvalue weighted by Crippen LogP contribution is -2.48. The van der Waals surface area contributed by atoms with Crippen LogP contribution in [0.2, 0.25) is 0 Å². The summed E-state index contributed by atoms with van der Waals surface area (Å²) < 4.78 is 105. The van der Waals surface area contributed by atoms with Crippen LogP contribution in [0.25, 0.3) is 0 Å². The van der Waals surface area contributed by atoms with E-state index in [1.165, 1.54) is 9.80 Å². The average Bonchev–Trinajstić information content (AvgIpc) is 1.52. The molecule has 9 atom stereocenters. The first-order valence-corrected chi connectivity index (χ1v) is 33.4. The maximum atomic E-state index is 13.5. The highest BCUT2D eigenvalue weighted by Gasteiger charge is 2.81. The van der Waals surface area contributed by atoms with Crippen molar-refractivity contribution in [1.82, 2.24) is 29.4 Å². The quantitative estimate of drug-likeness (QED) is 0.0779. The Labute approximate surface area is 548 Å². The third-order valence-corrected chi connectivity index (χ3v) is 22.9. The fourth-order valence-electron chi connectivity index (χ4n) is 17.8. The maximum Gasteiger partial charge on any atom is 0.332 e. The molecule has 0 aromatic carbocycles. The van der Waals surface area contributed by atoms with Gasteiger partial charge in [0.15, 0.2) is 5.57 Å². The summed E-state index contributed by atoms with van der Waals surface area (Å²) in [5.41, 5.74) is -5.28. The van der Waals surface area contributed by atoms with Crippen LogP contribution in [0.15, 0.2) is 29.9 Å². The fraction of sp³-hybridized carbons (Fsp3) is 0.761. The Morgan fingerprint density at radius 1 is 0.432 bits per heavy atom. The molecule has 28 heteroatoms. The lowest BCUT2D eigenvalue weighted by Gasteiger charge is -2.29. The number of rotatable bonds is 11. The molecule has 15 aliphatic rings. The van der Waals surface area contributed by atoms with E-state index < -0.39 is 73.6 Å². The highest BCUT2D eigenvalue weighted by atomic mass is 19.3. The number of carbonyl (C=O) groups excluding carboxylic acids is 10. The second kappa shape index (κ2) is 25.0. The van der Waals surface area contributed by atoms with Crippen LogP contribution >= 0.6 is 0 Å². The Kier molecular flexibility index (Phi) is 18.7. The monoisotopic (exact) mass is 1350 g/mol. The Morgan fingerprint density at radius 2 is 0.726 bits per heavy atom. The minimum atomic E-state index is -2.74. The van der Waals surface area contributed by atoms with Crippen LogP contribution in [0.5, 0.6) is 0 Å². The van der Waals surface area contributed by atoms with Crippen LogP contribution in [0.4, 0.5) is 26.3 Å². The van der Waals surface area contributed by atoms with Crippen molar-refractivity contribution in [3.05, 3.63) is 36.5 Å². The molecule has 3 aliphatic carbocycles. The molecule has 15 fully saturated rings. The summed E-state index contributed by atoms with van der Waals surface area (Å²) in [5.74, 6) is -10.1. The number of aliphatic hydroxyl groups is 1. The van der Waals surface area contributed by atoms with Gasteiger partial charge in [0.2, 0.25) is 36.1 Å². The van der Waals surface area contributed by atoms with Gasteiger partial charge in [-0.05, 0) is 105 Å². The number of carbonyl (C=O) groups is 10. The third-order valence-electron chi connectivity index (χ3n) is 22.9. The van der Waals surface area contributed by atoms with Crippen molar-refractivity contribution in [3.63, 3.8) is 0 Å². The molecule has 0 bridgehead atoms. The zero-order valence-corrected chi connectivity index (χ0v) is 55.1. The highest BCUT2D eigenvalue weighted by Crippen LogP contribution is 2.72. The third kappa shape index (κ3) is 11.7. The number of fused-ring (bicyclic) bond motifs is 6. The molecule has 0 radical (unpaired) electrons. The van der Waals surface area contributed by atoms with Gasteiger partial charge in [0.1, 0.15) is 27.7 Å². The van der Waals surface area contributed by atoms with E-state index >= 15 is 0 Å². The van der Waals surface area contributed by atoms with Gasteiger partial charge in [-0.1, -0.05) is 24.3 Å². The van der Waals surface area contributed by atoms with Gasteiger partial charge in [-0.3, -0.25) is 28.9 Å². The maximum absolute atomic E-state index is 13.5. The SMILES string of the molecule is C=C1CN2C(=O)CCC2(C(=O)OCC)C1.C=C1CN2C(=O)CC[C@@]2(C(=O)OCC)C1.CCOC(=O)[C@@]12CCC(=O)N1CC1(CC1(F)F)C2.CCOC(=O)[C@@]12CCC(=O)N1CC1(CC1(F)F)C2.OC[C@@]12CCCN1CC1(CC1(F)F)C2.[CH+]=C1CN2C(=O)CC[C@]2(C(=O)OCC)C1. The molecule has 0 aromatic rings. The number of aliphatic hydroxyl groups excluding tert-OH is 1. The van der Waals surface area contributed by atoms with Crippen molar-refractivity contribution in [2.24, 2.45) is 16.2 Å². The molecule has 524 valence electrons. The van der Waals surface area contributed by atoms with Gasteiger partial charge in [-0.25, -0.2) is 50.3 Å². The van der Waals surface area contributed by atoms with Gasteiger partial charge in [0.05, 0.1) is 68.9 Å². The first-order valence-electron chi connectivity index (χ1n) is 33.4. The van der Waals surface area contributed by atoms with E-state index in [4.69, 9.17) is 30.3 Å². The second-order valence-corrected chi connectivity index (χ2v) is 28.8. The summed E-state index contributed by atoms with van der Waals surface area (Å²) in [6.45, 7) is 26.4. The number of hydrogen-bond donors (Lipinski definition) is 1. The van der Waals surface area contributed by atoms with Gasteiger partial charge < -0.3 is 53.3 Å². The predicted octanol–water partition coefficient (Wildman–Crippen LogP) is 6.34. The highest BCUT2D eigenvalue weighted by molar-refractivity contribution is 5.96. The molecule has 12 saturated heterocycles. The number of alkyl halides is 6. The van der Waals surface area contributed by atoms with Crippen molar-refractivity contribution in [3.8, 4) is 0 Å². The Hall–Kier alpha value is -6.67. The largest absolute Gasteiger partial charge is 0.464 e. The molecule has 3 saturated carbocycles. The fourth-order valence-corrected chi connectivity index (χ4v) is 17.8. The molecular formula is C67H89F6N6O16+. The lowest BCUT2D eigenvalue weighted by atomic mass is 9.88. The molecular weight excluding hydrogens is 1260 g/mol. The minimum absolute atomic E-state index is 0.00233.